The quantitative estimate of drug-likeness (QED) is 0.154. The van der Waals surface area contributed by atoms with E-state index in [2.05, 4.69) is 176 Å². The number of furan rings is 1. The van der Waals surface area contributed by atoms with Crippen LogP contribution in [-0.2, 0) is 0 Å². The van der Waals surface area contributed by atoms with Crippen LogP contribution >= 0.6 is 0 Å². The first-order chi connectivity index (χ1) is 30.2. The molecule has 0 aliphatic carbocycles. The molecular formula is C57H37N3O. The van der Waals surface area contributed by atoms with Gasteiger partial charge in [-0.2, -0.15) is 0 Å². The highest BCUT2D eigenvalue weighted by molar-refractivity contribution is 6.13. The van der Waals surface area contributed by atoms with E-state index < -0.39 is 0 Å². The van der Waals surface area contributed by atoms with Crippen molar-refractivity contribution < 1.29 is 4.42 Å². The van der Waals surface area contributed by atoms with Crippen molar-refractivity contribution in [1.29, 1.82) is 0 Å². The molecule has 11 aromatic rings. The monoisotopic (exact) mass is 779 g/mol. The molecule has 0 fully saturated rings. The molecule has 0 bridgehead atoms. The van der Waals surface area contributed by atoms with Gasteiger partial charge in [-0.1, -0.05) is 200 Å². The lowest BCUT2D eigenvalue weighted by Gasteiger charge is -2.13. The van der Waals surface area contributed by atoms with Crippen molar-refractivity contribution in [2.45, 2.75) is 0 Å². The van der Waals surface area contributed by atoms with E-state index in [1.54, 1.807) is 0 Å². The summed E-state index contributed by atoms with van der Waals surface area (Å²) in [5.74, 6) is 1.81. The molecule has 2 aromatic heterocycles. The first-order valence-electron chi connectivity index (χ1n) is 20.5. The van der Waals surface area contributed by atoms with Crippen LogP contribution in [0.25, 0.3) is 112 Å². The van der Waals surface area contributed by atoms with E-state index >= 15 is 0 Å². The van der Waals surface area contributed by atoms with Gasteiger partial charge in [0, 0.05) is 27.5 Å². The van der Waals surface area contributed by atoms with E-state index in [9.17, 15) is 0 Å². The Morgan fingerprint density at radius 3 is 1.30 bits per heavy atom. The molecule has 2 heterocycles. The number of rotatable bonds is 8. The highest BCUT2D eigenvalue weighted by Crippen LogP contribution is 2.40. The van der Waals surface area contributed by atoms with Crippen LogP contribution in [0.5, 0.6) is 0 Å². The minimum Gasteiger partial charge on any atom is -0.456 e. The fraction of sp³-hybridized carbons (Fsp3) is 0. The summed E-state index contributed by atoms with van der Waals surface area (Å²) in [6.45, 7) is 0. The van der Waals surface area contributed by atoms with Gasteiger partial charge in [0.15, 0.2) is 17.5 Å². The molecule has 0 unspecified atom stereocenters. The third-order valence-electron chi connectivity index (χ3n) is 11.4. The SMILES string of the molecule is c1ccc(-c2ccc(-c3nc(-c4ccccc4)nc(-c4cccc5oc6ccc(-c7cccc(-c8ccccc8-c8ccc(-c9ccccc9)cc8)c7)cc6c45)n3)cc2)cc1. The lowest BCUT2D eigenvalue weighted by Crippen LogP contribution is -2.00. The summed E-state index contributed by atoms with van der Waals surface area (Å²) >= 11 is 0. The third kappa shape index (κ3) is 6.96. The van der Waals surface area contributed by atoms with Gasteiger partial charge < -0.3 is 4.42 Å². The van der Waals surface area contributed by atoms with Gasteiger partial charge in [-0.25, -0.2) is 15.0 Å². The molecule has 0 aliphatic heterocycles. The summed E-state index contributed by atoms with van der Waals surface area (Å²) in [6, 6.07) is 78.3. The molecule has 0 saturated heterocycles. The molecule has 4 heteroatoms. The summed E-state index contributed by atoms with van der Waals surface area (Å²) < 4.78 is 6.51. The zero-order valence-corrected chi connectivity index (χ0v) is 33.1. The smallest absolute Gasteiger partial charge is 0.164 e. The van der Waals surface area contributed by atoms with Crippen LogP contribution in [-0.4, -0.2) is 15.0 Å². The Hall–Kier alpha value is -8.21. The van der Waals surface area contributed by atoms with Gasteiger partial charge in [0.1, 0.15) is 11.2 Å². The van der Waals surface area contributed by atoms with Crippen LogP contribution in [0.1, 0.15) is 0 Å². The first-order valence-corrected chi connectivity index (χ1v) is 20.5. The van der Waals surface area contributed by atoms with Crippen molar-refractivity contribution in [2.75, 3.05) is 0 Å². The van der Waals surface area contributed by atoms with Crippen LogP contribution in [0.15, 0.2) is 229 Å². The maximum atomic E-state index is 6.51. The zero-order valence-electron chi connectivity index (χ0n) is 33.1. The fourth-order valence-corrected chi connectivity index (χ4v) is 8.30. The van der Waals surface area contributed by atoms with Crippen molar-refractivity contribution >= 4 is 21.9 Å². The number of hydrogen-bond donors (Lipinski definition) is 0. The van der Waals surface area contributed by atoms with Gasteiger partial charge in [0.25, 0.3) is 0 Å². The number of hydrogen-bond acceptors (Lipinski definition) is 4. The van der Waals surface area contributed by atoms with Crippen molar-refractivity contribution in [3.8, 4) is 89.8 Å². The number of benzene rings is 9. The van der Waals surface area contributed by atoms with Crippen LogP contribution in [0, 0.1) is 0 Å². The van der Waals surface area contributed by atoms with Crippen LogP contribution in [0.4, 0.5) is 0 Å². The van der Waals surface area contributed by atoms with Gasteiger partial charge in [-0.15, -0.1) is 0 Å². The molecule has 4 nitrogen and oxygen atoms in total. The Kier molecular flexibility index (Phi) is 9.14. The maximum absolute atomic E-state index is 6.51. The molecular weight excluding hydrogens is 743 g/mol. The molecule has 0 radical (unpaired) electrons. The van der Waals surface area contributed by atoms with Gasteiger partial charge in [0.05, 0.1) is 0 Å². The number of nitrogens with zero attached hydrogens (tertiary/aromatic N) is 3. The molecule has 0 aliphatic rings. The molecule has 61 heavy (non-hydrogen) atoms. The highest BCUT2D eigenvalue weighted by atomic mass is 16.3. The molecule has 0 spiro atoms. The van der Waals surface area contributed by atoms with Gasteiger partial charge in [-0.3, -0.25) is 0 Å². The Morgan fingerprint density at radius 2 is 0.656 bits per heavy atom. The Balaban J connectivity index is 0.991. The second kappa shape index (κ2) is 15.5. The third-order valence-corrected chi connectivity index (χ3v) is 11.4. The molecule has 9 aromatic carbocycles. The van der Waals surface area contributed by atoms with Crippen molar-refractivity contribution in [1.82, 2.24) is 15.0 Å². The molecule has 0 N–H and O–H groups in total. The topological polar surface area (TPSA) is 51.8 Å². The molecule has 11 rings (SSSR count). The van der Waals surface area contributed by atoms with Crippen molar-refractivity contribution in [3.05, 3.63) is 224 Å². The van der Waals surface area contributed by atoms with E-state index in [0.717, 1.165) is 66.4 Å². The number of fused-ring (bicyclic) bond motifs is 3. The first kappa shape index (κ1) is 35.9. The predicted octanol–water partition coefficient (Wildman–Crippen LogP) is 15.1. The Labute approximate surface area is 354 Å². The molecule has 0 atom stereocenters. The van der Waals surface area contributed by atoms with Gasteiger partial charge in [-0.05, 0) is 79.9 Å². The van der Waals surface area contributed by atoms with Crippen LogP contribution < -0.4 is 0 Å². The summed E-state index contributed by atoms with van der Waals surface area (Å²) in [6.07, 6.45) is 0. The van der Waals surface area contributed by atoms with E-state index in [1.807, 2.05) is 48.5 Å². The minimum absolute atomic E-state index is 0.588. The highest BCUT2D eigenvalue weighted by Gasteiger charge is 2.19. The van der Waals surface area contributed by atoms with E-state index in [4.69, 9.17) is 19.4 Å². The van der Waals surface area contributed by atoms with E-state index in [-0.39, 0.29) is 0 Å². The zero-order chi connectivity index (χ0) is 40.5. The second-order valence-electron chi connectivity index (χ2n) is 15.2. The fourth-order valence-electron chi connectivity index (χ4n) is 8.30. The standard InChI is InChI=1S/C57H37N3O/c1-4-14-38(15-5-1)40-26-30-42(31-27-40)48-22-10-11-23-49(48)47-21-12-20-45(36-47)46-34-35-52-51(37-46)54-50(24-13-25-53(54)61-52)57-59-55(43-18-8-3-9-19-43)58-56(60-57)44-32-28-41(29-33-44)39-16-6-2-7-17-39/h1-37H. The molecule has 286 valence electrons. The van der Waals surface area contributed by atoms with Crippen molar-refractivity contribution in [2.24, 2.45) is 0 Å². The predicted molar refractivity (Wildman–Crippen MR) is 251 cm³/mol. The normalized spacial score (nSPS) is 11.3. The van der Waals surface area contributed by atoms with E-state index in [0.29, 0.717) is 17.5 Å². The second-order valence-corrected chi connectivity index (χ2v) is 15.2. The summed E-state index contributed by atoms with van der Waals surface area (Å²) in [5, 5.41) is 1.97. The maximum Gasteiger partial charge on any atom is 0.164 e. The average Bonchev–Trinajstić information content (AvgIpc) is 3.73. The Morgan fingerprint density at radius 1 is 0.246 bits per heavy atom. The average molecular weight is 780 g/mol. The molecule has 0 saturated carbocycles. The lowest BCUT2D eigenvalue weighted by molar-refractivity contribution is 0.669. The van der Waals surface area contributed by atoms with Crippen LogP contribution in [0.3, 0.4) is 0 Å². The summed E-state index contributed by atoms with van der Waals surface area (Å²) in [4.78, 5) is 15.3. The van der Waals surface area contributed by atoms with Gasteiger partial charge in [0.2, 0.25) is 0 Å². The summed E-state index contributed by atoms with van der Waals surface area (Å²) in [7, 11) is 0. The number of aromatic nitrogens is 3. The largest absolute Gasteiger partial charge is 0.456 e. The Bertz CT molecular complexity index is 3320. The van der Waals surface area contributed by atoms with Crippen LogP contribution in [0.2, 0.25) is 0 Å². The van der Waals surface area contributed by atoms with Crippen molar-refractivity contribution in [3.63, 3.8) is 0 Å². The van der Waals surface area contributed by atoms with E-state index in [1.165, 1.54) is 27.8 Å². The lowest BCUT2D eigenvalue weighted by atomic mass is 9.91. The minimum atomic E-state index is 0.588. The molecule has 0 amide bonds. The summed E-state index contributed by atoms with van der Waals surface area (Å²) in [5.41, 5.74) is 15.9. The van der Waals surface area contributed by atoms with Gasteiger partial charge >= 0.3 is 0 Å².